The molecule has 0 spiro atoms. The number of aryl methyl sites for hydroxylation is 1. The molecule has 0 bridgehead atoms. The van der Waals surface area contributed by atoms with E-state index in [4.69, 9.17) is 4.74 Å². The van der Waals surface area contributed by atoms with Crippen LogP contribution in [0, 0.1) is 6.92 Å². The second-order valence-corrected chi connectivity index (χ2v) is 6.62. The number of pyridine rings is 1. The van der Waals surface area contributed by atoms with E-state index >= 15 is 0 Å². The summed E-state index contributed by atoms with van der Waals surface area (Å²) in [6.07, 6.45) is 1.65. The van der Waals surface area contributed by atoms with Crippen LogP contribution in [0.4, 0.5) is 5.69 Å². The van der Waals surface area contributed by atoms with Gasteiger partial charge >= 0.3 is 11.7 Å². The fraction of sp³-hybridized carbons (Fsp3) is 0.143. The van der Waals surface area contributed by atoms with Crippen molar-refractivity contribution in [3.8, 4) is 11.4 Å². The molecular formula is C21H18N6O4. The molecule has 0 saturated carbocycles. The molecule has 0 saturated heterocycles. The molecule has 0 atom stereocenters. The van der Waals surface area contributed by atoms with E-state index in [9.17, 15) is 14.4 Å². The topological polar surface area (TPSA) is 120 Å². The number of amides is 1. The Morgan fingerprint density at radius 3 is 2.61 bits per heavy atom. The third-order valence-electron chi connectivity index (χ3n) is 4.56. The van der Waals surface area contributed by atoms with Gasteiger partial charge in [-0.25, -0.2) is 23.7 Å². The molecule has 1 amide bonds. The fourth-order valence-electron chi connectivity index (χ4n) is 3.16. The van der Waals surface area contributed by atoms with Crippen molar-refractivity contribution in [1.82, 2.24) is 24.1 Å². The van der Waals surface area contributed by atoms with Crippen LogP contribution >= 0.6 is 0 Å². The van der Waals surface area contributed by atoms with E-state index in [1.165, 1.54) is 17.6 Å². The molecule has 3 heterocycles. The van der Waals surface area contributed by atoms with Crippen molar-refractivity contribution in [2.24, 2.45) is 0 Å². The lowest BCUT2D eigenvalue weighted by atomic mass is 10.2. The summed E-state index contributed by atoms with van der Waals surface area (Å²) >= 11 is 0. The van der Waals surface area contributed by atoms with Crippen LogP contribution in [0.2, 0.25) is 0 Å². The predicted molar refractivity (Wildman–Crippen MR) is 112 cm³/mol. The lowest BCUT2D eigenvalue weighted by molar-refractivity contribution is -0.117. The Hall–Kier alpha value is -4.34. The average Bonchev–Trinajstić information content (AvgIpc) is 3.09. The Kier molecular flexibility index (Phi) is 5.27. The summed E-state index contributed by atoms with van der Waals surface area (Å²) in [5.41, 5.74) is 1.56. The highest BCUT2D eigenvalue weighted by Crippen LogP contribution is 2.17. The number of rotatable bonds is 5. The Bertz CT molecular complexity index is 1340. The van der Waals surface area contributed by atoms with Gasteiger partial charge in [0, 0.05) is 12.3 Å². The second-order valence-electron chi connectivity index (χ2n) is 6.62. The predicted octanol–water partition coefficient (Wildman–Crippen LogP) is 1.69. The monoisotopic (exact) mass is 418 g/mol. The zero-order valence-corrected chi connectivity index (χ0v) is 16.8. The number of nitrogens with one attached hydrogen (secondary N) is 1. The van der Waals surface area contributed by atoms with E-state index in [2.05, 4.69) is 20.4 Å². The van der Waals surface area contributed by atoms with Gasteiger partial charge in [-0.2, -0.15) is 0 Å². The van der Waals surface area contributed by atoms with Crippen LogP contribution in [-0.2, 0) is 16.1 Å². The maximum Gasteiger partial charge on any atom is 0.352 e. The second kappa shape index (κ2) is 8.19. The number of nitrogens with zero attached hydrogens (tertiary/aromatic N) is 5. The number of hydrogen-bond acceptors (Lipinski definition) is 7. The average molecular weight is 418 g/mol. The fourth-order valence-corrected chi connectivity index (χ4v) is 3.16. The number of carbonyl (C=O) groups excluding carboxylic acids is 2. The summed E-state index contributed by atoms with van der Waals surface area (Å²) in [6, 6.07) is 13.5. The van der Waals surface area contributed by atoms with Gasteiger partial charge in [-0.15, -0.1) is 5.10 Å². The smallest absolute Gasteiger partial charge is 0.352 e. The number of anilines is 1. The minimum Gasteiger partial charge on any atom is -0.465 e. The molecule has 4 rings (SSSR count). The summed E-state index contributed by atoms with van der Waals surface area (Å²) in [6.45, 7) is 1.34. The van der Waals surface area contributed by atoms with Crippen molar-refractivity contribution in [2.75, 3.05) is 12.4 Å². The van der Waals surface area contributed by atoms with Gasteiger partial charge in [-0.1, -0.05) is 18.2 Å². The van der Waals surface area contributed by atoms with Crippen LogP contribution in [0.3, 0.4) is 0 Å². The van der Waals surface area contributed by atoms with E-state index in [0.29, 0.717) is 22.9 Å². The van der Waals surface area contributed by atoms with E-state index in [-0.39, 0.29) is 17.8 Å². The number of carbonyl (C=O) groups is 2. The lowest BCUT2D eigenvalue weighted by Crippen LogP contribution is -2.29. The summed E-state index contributed by atoms with van der Waals surface area (Å²) in [5.74, 6) is -0.673. The minimum absolute atomic E-state index is 0.209. The van der Waals surface area contributed by atoms with Gasteiger partial charge in [0.2, 0.25) is 5.91 Å². The van der Waals surface area contributed by atoms with Gasteiger partial charge < -0.3 is 10.1 Å². The number of hydrogen-bond donors (Lipinski definition) is 1. The number of aromatic nitrogens is 5. The van der Waals surface area contributed by atoms with Crippen molar-refractivity contribution in [3.05, 3.63) is 76.6 Å². The zero-order valence-electron chi connectivity index (χ0n) is 16.8. The molecule has 10 heteroatoms. The quantitative estimate of drug-likeness (QED) is 0.490. The Morgan fingerprint density at radius 1 is 1.10 bits per heavy atom. The van der Waals surface area contributed by atoms with E-state index in [1.807, 2.05) is 6.07 Å². The molecule has 1 aromatic carbocycles. The third kappa shape index (κ3) is 3.90. The number of benzene rings is 1. The number of fused-ring (bicyclic) bond motifs is 1. The van der Waals surface area contributed by atoms with Crippen molar-refractivity contribution in [3.63, 3.8) is 0 Å². The molecule has 0 aliphatic carbocycles. The maximum absolute atomic E-state index is 12.8. The highest BCUT2D eigenvalue weighted by Gasteiger charge is 2.17. The summed E-state index contributed by atoms with van der Waals surface area (Å²) in [4.78, 5) is 45.9. The Morgan fingerprint density at radius 2 is 1.87 bits per heavy atom. The summed E-state index contributed by atoms with van der Waals surface area (Å²) in [7, 11) is 1.26. The van der Waals surface area contributed by atoms with Crippen molar-refractivity contribution < 1.29 is 14.3 Å². The third-order valence-corrected chi connectivity index (χ3v) is 4.56. The zero-order chi connectivity index (χ0) is 22.0. The first-order valence-corrected chi connectivity index (χ1v) is 9.33. The van der Waals surface area contributed by atoms with Gasteiger partial charge in [-0.3, -0.25) is 9.78 Å². The standard InChI is InChI=1S/C21H18N6O4/c1-13-23-17(16-9-5-6-10-22-16)11-18-25-26(21(30)27(13)18)12-19(28)24-15-8-4-3-7-14(15)20(29)31-2/h3-11H,12H2,1-2H3,(H,24,28). The molecule has 3 aromatic heterocycles. The van der Waals surface area contributed by atoms with Crippen LogP contribution in [0.25, 0.3) is 17.0 Å². The molecule has 10 nitrogen and oxygen atoms in total. The first kappa shape index (κ1) is 20.0. The normalized spacial score (nSPS) is 10.8. The van der Waals surface area contributed by atoms with Gasteiger partial charge in [0.05, 0.1) is 29.7 Å². The molecule has 31 heavy (non-hydrogen) atoms. The summed E-state index contributed by atoms with van der Waals surface area (Å²) < 4.78 is 7.09. The molecule has 4 aromatic rings. The minimum atomic E-state index is -0.579. The molecule has 1 N–H and O–H groups in total. The van der Waals surface area contributed by atoms with Crippen LogP contribution in [0.5, 0.6) is 0 Å². The molecule has 0 aliphatic heterocycles. The number of para-hydroxylation sites is 1. The molecule has 0 radical (unpaired) electrons. The molecule has 156 valence electrons. The first-order chi connectivity index (χ1) is 15.0. The van der Waals surface area contributed by atoms with Crippen LogP contribution in [0.15, 0.2) is 59.5 Å². The molecule has 0 unspecified atom stereocenters. The van der Waals surface area contributed by atoms with E-state index in [0.717, 1.165) is 4.68 Å². The molecule has 0 fully saturated rings. The van der Waals surface area contributed by atoms with Crippen LogP contribution < -0.4 is 11.0 Å². The maximum atomic E-state index is 12.8. The number of esters is 1. The van der Waals surface area contributed by atoms with Crippen molar-refractivity contribution >= 4 is 23.2 Å². The van der Waals surface area contributed by atoms with Crippen molar-refractivity contribution in [2.45, 2.75) is 13.5 Å². The van der Waals surface area contributed by atoms with E-state index in [1.54, 1.807) is 49.5 Å². The van der Waals surface area contributed by atoms with E-state index < -0.39 is 17.6 Å². The largest absolute Gasteiger partial charge is 0.465 e. The number of ether oxygens (including phenoxy) is 1. The van der Waals surface area contributed by atoms with Gasteiger partial charge in [-0.05, 0) is 31.2 Å². The SMILES string of the molecule is COC(=O)c1ccccc1NC(=O)Cn1nc2cc(-c3ccccn3)nc(C)n2c1=O. The molecular weight excluding hydrogens is 400 g/mol. The van der Waals surface area contributed by atoms with Gasteiger partial charge in [0.25, 0.3) is 0 Å². The van der Waals surface area contributed by atoms with Gasteiger partial charge in [0.15, 0.2) is 5.65 Å². The Labute approximate surface area is 176 Å². The van der Waals surface area contributed by atoms with Crippen LogP contribution in [0.1, 0.15) is 16.2 Å². The lowest BCUT2D eigenvalue weighted by Gasteiger charge is -2.09. The van der Waals surface area contributed by atoms with Crippen molar-refractivity contribution in [1.29, 1.82) is 0 Å². The first-order valence-electron chi connectivity index (χ1n) is 9.33. The van der Waals surface area contributed by atoms with Crippen LogP contribution in [-0.4, -0.2) is 43.1 Å². The van der Waals surface area contributed by atoms with Gasteiger partial charge in [0.1, 0.15) is 12.4 Å². The highest BCUT2D eigenvalue weighted by molar-refractivity contribution is 6.01. The molecule has 0 aliphatic rings. The number of methoxy groups -OCH3 is 1. The summed E-state index contributed by atoms with van der Waals surface area (Å²) in [5, 5.41) is 6.88. The highest BCUT2D eigenvalue weighted by atomic mass is 16.5. The Balaban J connectivity index is 1.63.